The molecule has 1 heterocycles. The second-order valence-electron chi connectivity index (χ2n) is 8.20. The number of nitro groups is 1. The fourth-order valence-corrected chi connectivity index (χ4v) is 3.72. The lowest BCUT2D eigenvalue weighted by Gasteiger charge is -2.16. The highest BCUT2D eigenvalue weighted by Gasteiger charge is 2.30. The number of carbonyl (C=O) groups is 1. The molecule has 0 spiro atoms. The molecule has 4 rings (SSSR count). The van der Waals surface area contributed by atoms with Gasteiger partial charge >= 0.3 is 6.03 Å². The van der Waals surface area contributed by atoms with Crippen LogP contribution in [0.3, 0.4) is 0 Å². The lowest BCUT2D eigenvalue weighted by atomic mass is 9.96. The zero-order valence-corrected chi connectivity index (χ0v) is 18.7. The molecule has 0 aromatic heterocycles. The number of rotatable bonds is 5. The molecular weight excluding hydrogens is 444 g/mol. The van der Waals surface area contributed by atoms with Gasteiger partial charge in [0.25, 0.3) is 5.69 Å². The first-order chi connectivity index (χ1) is 15.7. The average Bonchev–Trinajstić information content (AvgIpc) is 3.08. The molecule has 0 aliphatic carbocycles. The molecule has 3 aromatic carbocycles. The van der Waals surface area contributed by atoms with Crippen LogP contribution in [0.15, 0.2) is 71.8 Å². The Morgan fingerprint density at radius 3 is 2.39 bits per heavy atom. The first-order valence-corrected chi connectivity index (χ1v) is 10.6. The fourth-order valence-electron chi connectivity index (χ4n) is 3.59. The van der Waals surface area contributed by atoms with Gasteiger partial charge in [0.15, 0.2) is 0 Å². The van der Waals surface area contributed by atoms with E-state index in [9.17, 15) is 14.9 Å². The maximum absolute atomic E-state index is 12.4. The van der Waals surface area contributed by atoms with Gasteiger partial charge in [0.2, 0.25) is 0 Å². The number of urea groups is 1. The van der Waals surface area contributed by atoms with Gasteiger partial charge in [0.1, 0.15) is 11.4 Å². The normalized spacial score (nSPS) is 14.2. The highest BCUT2D eigenvalue weighted by atomic mass is 35.5. The molecule has 168 valence electrons. The number of ether oxygens (including phenoxy) is 1. The van der Waals surface area contributed by atoms with E-state index in [0.29, 0.717) is 16.4 Å². The van der Waals surface area contributed by atoms with Crippen LogP contribution >= 0.6 is 11.6 Å². The lowest BCUT2D eigenvalue weighted by Crippen LogP contribution is -2.26. The predicted molar refractivity (Wildman–Crippen MR) is 127 cm³/mol. The molecule has 1 aliphatic rings. The second-order valence-corrected chi connectivity index (χ2v) is 8.63. The summed E-state index contributed by atoms with van der Waals surface area (Å²) >= 11 is 6.04. The summed E-state index contributed by atoms with van der Waals surface area (Å²) in [6, 6.07) is 17.9. The third-order valence-electron chi connectivity index (χ3n) is 5.06. The Balaban J connectivity index is 1.58. The summed E-state index contributed by atoms with van der Waals surface area (Å²) in [7, 11) is 0. The number of nitrogens with one attached hydrogen (secondary N) is 2. The number of benzene rings is 3. The van der Waals surface area contributed by atoms with E-state index >= 15 is 0 Å². The minimum absolute atomic E-state index is 0.0622. The van der Waals surface area contributed by atoms with E-state index < -0.39 is 11.0 Å². The Morgan fingerprint density at radius 2 is 1.73 bits per heavy atom. The van der Waals surface area contributed by atoms with Gasteiger partial charge in [0, 0.05) is 40.4 Å². The third-order valence-corrected chi connectivity index (χ3v) is 5.31. The molecule has 3 aromatic rings. The van der Waals surface area contributed by atoms with Crippen molar-refractivity contribution in [3.8, 4) is 5.75 Å². The van der Waals surface area contributed by atoms with Crippen molar-refractivity contribution in [2.24, 2.45) is 5.10 Å². The van der Waals surface area contributed by atoms with Crippen molar-refractivity contribution < 1.29 is 14.5 Å². The van der Waals surface area contributed by atoms with Gasteiger partial charge in [-0.2, -0.15) is 5.10 Å². The fraction of sp³-hybridized carbons (Fsp3) is 0.167. The molecular formula is C24H21ClN4O4. The van der Waals surface area contributed by atoms with E-state index in [1.807, 2.05) is 44.2 Å². The van der Waals surface area contributed by atoms with Gasteiger partial charge in [-0.15, -0.1) is 0 Å². The minimum atomic E-state index is -0.582. The third kappa shape index (κ3) is 5.30. The van der Waals surface area contributed by atoms with E-state index in [1.165, 1.54) is 24.3 Å². The molecule has 0 atom stereocenters. The van der Waals surface area contributed by atoms with Crippen molar-refractivity contribution in [3.63, 3.8) is 0 Å². The standard InChI is InChI=1S/C24H21ClN4O4/c1-24(2)14-17-13-16(5-12-21(17)33-24)22(15-3-6-18(25)7-4-15)27-28-23(30)26-19-8-10-20(11-9-19)29(31)32/h3-13H,14H2,1-2H3,(H2,26,28,30)/b27-22+. The SMILES string of the molecule is CC1(C)Cc2cc(/C(=N/NC(=O)Nc3ccc([N+](=O)[O-])cc3)c3ccc(Cl)cc3)ccc2O1. The number of hydrogen-bond acceptors (Lipinski definition) is 5. The average molecular weight is 465 g/mol. The minimum Gasteiger partial charge on any atom is -0.487 e. The lowest BCUT2D eigenvalue weighted by molar-refractivity contribution is -0.384. The number of amides is 2. The van der Waals surface area contributed by atoms with Crippen LogP contribution in [-0.2, 0) is 6.42 Å². The number of carbonyl (C=O) groups excluding carboxylic acids is 1. The monoisotopic (exact) mass is 464 g/mol. The number of halogens is 1. The Labute approximate surface area is 195 Å². The van der Waals surface area contributed by atoms with Crippen LogP contribution < -0.4 is 15.5 Å². The predicted octanol–water partition coefficient (Wildman–Crippen LogP) is 5.54. The zero-order chi connectivity index (χ0) is 23.6. The van der Waals surface area contributed by atoms with Crippen LogP contribution in [0.2, 0.25) is 5.02 Å². The van der Waals surface area contributed by atoms with Crippen molar-refractivity contribution >= 4 is 34.7 Å². The Hall–Kier alpha value is -3.91. The molecule has 0 bridgehead atoms. The number of fused-ring (bicyclic) bond motifs is 1. The summed E-state index contributed by atoms with van der Waals surface area (Å²) in [5.41, 5.74) is 5.77. The number of hydrazone groups is 1. The van der Waals surface area contributed by atoms with Crippen LogP contribution in [0.5, 0.6) is 5.75 Å². The maximum Gasteiger partial charge on any atom is 0.339 e. The van der Waals surface area contributed by atoms with Crippen molar-refractivity contribution in [2.45, 2.75) is 25.9 Å². The Bertz CT molecular complexity index is 1240. The molecule has 0 saturated carbocycles. The van der Waals surface area contributed by atoms with E-state index in [-0.39, 0.29) is 11.3 Å². The molecule has 0 fully saturated rings. The van der Waals surface area contributed by atoms with Crippen molar-refractivity contribution in [1.29, 1.82) is 0 Å². The van der Waals surface area contributed by atoms with Gasteiger partial charge in [-0.25, -0.2) is 10.2 Å². The van der Waals surface area contributed by atoms with E-state index in [2.05, 4.69) is 15.8 Å². The first kappa shape index (κ1) is 22.3. The Kier molecular flexibility index (Phi) is 6.02. The molecule has 9 heteroatoms. The van der Waals surface area contributed by atoms with Crippen LogP contribution in [0.4, 0.5) is 16.2 Å². The molecule has 8 nitrogen and oxygen atoms in total. The van der Waals surface area contributed by atoms with Crippen LogP contribution in [0, 0.1) is 10.1 Å². The summed E-state index contributed by atoms with van der Waals surface area (Å²) < 4.78 is 5.96. The van der Waals surface area contributed by atoms with Crippen LogP contribution in [-0.4, -0.2) is 22.3 Å². The van der Waals surface area contributed by atoms with Crippen molar-refractivity contribution in [2.75, 3.05) is 5.32 Å². The summed E-state index contributed by atoms with van der Waals surface area (Å²) in [5.74, 6) is 0.836. The number of hydrogen-bond donors (Lipinski definition) is 2. The van der Waals surface area contributed by atoms with E-state index in [1.54, 1.807) is 12.1 Å². The van der Waals surface area contributed by atoms with E-state index in [4.69, 9.17) is 16.3 Å². The largest absolute Gasteiger partial charge is 0.487 e. The molecule has 0 radical (unpaired) electrons. The number of nitro benzene ring substituents is 1. The van der Waals surface area contributed by atoms with Crippen LogP contribution in [0.25, 0.3) is 0 Å². The van der Waals surface area contributed by atoms with Crippen molar-refractivity contribution in [3.05, 3.63) is 98.6 Å². The van der Waals surface area contributed by atoms with Gasteiger partial charge < -0.3 is 10.1 Å². The summed E-state index contributed by atoms with van der Waals surface area (Å²) in [5, 5.41) is 18.3. The van der Waals surface area contributed by atoms with Gasteiger partial charge in [-0.05, 0) is 61.9 Å². The van der Waals surface area contributed by atoms with Gasteiger partial charge in [0.05, 0.1) is 10.6 Å². The maximum atomic E-state index is 12.4. The number of nitrogens with zero attached hydrogens (tertiary/aromatic N) is 2. The van der Waals surface area contributed by atoms with Gasteiger partial charge in [-0.3, -0.25) is 10.1 Å². The summed E-state index contributed by atoms with van der Waals surface area (Å²) in [4.78, 5) is 22.7. The Morgan fingerprint density at radius 1 is 1.06 bits per heavy atom. The van der Waals surface area contributed by atoms with Crippen molar-refractivity contribution in [1.82, 2.24) is 5.43 Å². The van der Waals surface area contributed by atoms with Gasteiger partial charge in [-0.1, -0.05) is 23.7 Å². The van der Waals surface area contributed by atoms with Crippen LogP contribution in [0.1, 0.15) is 30.5 Å². The second kappa shape index (κ2) is 8.91. The number of non-ortho nitro benzene ring substituents is 1. The topological polar surface area (TPSA) is 106 Å². The quantitative estimate of drug-likeness (QED) is 0.294. The van der Waals surface area contributed by atoms with E-state index in [0.717, 1.165) is 28.9 Å². The zero-order valence-electron chi connectivity index (χ0n) is 18.0. The molecule has 2 N–H and O–H groups in total. The highest BCUT2D eigenvalue weighted by Crippen LogP contribution is 2.35. The summed E-state index contributed by atoms with van der Waals surface area (Å²) in [6.45, 7) is 4.07. The first-order valence-electron chi connectivity index (χ1n) is 10.2. The molecule has 2 amide bonds. The molecule has 1 aliphatic heterocycles. The molecule has 0 saturated heterocycles. The summed E-state index contributed by atoms with van der Waals surface area (Å²) in [6.07, 6.45) is 0.762. The molecule has 0 unspecified atom stereocenters. The highest BCUT2D eigenvalue weighted by molar-refractivity contribution is 6.30. The smallest absolute Gasteiger partial charge is 0.339 e. The number of anilines is 1. The molecule has 33 heavy (non-hydrogen) atoms.